The number of nitrogens with zero attached hydrogens (tertiary/aromatic N) is 1. The summed E-state index contributed by atoms with van der Waals surface area (Å²) in [4.78, 5) is 22.9. The molecule has 0 saturated heterocycles. The highest BCUT2D eigenvalue weighted by Gasteiger charge is 2.12. The van der Waals surface area contributed by atoms with Crippen molar-refractivity contribution in [2.75, 3.05) is 47.1 Å². The highest BCUT2D eigenvalue weighted by molar-refractivity contribution is 5.73. The number of aliphatic hydroxyl groups excluding tert-OH is 1. The average molecular weight is 264 g/mol. The highest BCUT2D eigenvalue weighted by atomic mass is 16.5. The molecule has 0 spiro atoms. The molecule has 0 radical (unpaired) electrons. The lowest BCUT2D eigenvalue weighted by molar-refractivity contribution is -0.142. The summed E-state index contributed by atoms with van der Waals surface area (Å²) >= 11 is 0. The Balaban J connectivity index is 3.64. The van der Waals surface area contributed by atoms with Crippen LogP contribution in [-0.2, 0) is 14.3 Å². The minimum Gasteiger partial charge on any atom is -0.480 e. The van der Waals surface area contributed by atoms with Gasteiger partial charge in [-0.2, -0.15) is 0 Å². The molecule has 0 bridgehead atoms. The molecule has 18 heavy (non-hydrogen) atoms. The number of aliphatic hydroxyl groups is 1. The first-order chi connectivity index (χ1) is 8.47. The van der Waals surface area contributed by atoms with Gasteiger partial charge in [-0.1, -0.05) is 0 Å². The lowest BCUT2D eigenvalue weighted by Gasteiger charge is -2.20. The number of carboxylic acid groups (broad SMARTS) is 1. The standard InChI is InChI=1S/C10H20N2O6/c1-12(5-8(13)6-17-2)10(16)11-3-4-18-7-9(14)15/h8,13H,3-7H2,1-2H3,(H,11,16)(H,14,15). The van der Waals surface area contributed by atoms with Gasteiger partial charge in [-0.15, -0.1) is 0 Å². The number of aliphatic carboxylic acids is 1. The number of ether oxygens (including phenoxy) is 2. The van der Waals surface area contributed by atoms with Crippen molar-refractivity contribution < 1.29 is 29.3 Å². The number of likely N-dealkylation sites (N-methyl/N-ethyl adjacent to an activating group) is 1. The molecule has 8 nitrogen and oxygen atoms in total. The largest absolute Gasteiger partial charge is 0.480 e. The molecule has 0 aliphatic heterocycles. The van der Waals surface area contributed by atoms with Gasteiger partial charge < -0.3 is 29.9 Å². The fraction of sp³-hybridized carbons (Fsp3) is 0.800. The second kappa shape index (κ2) is 9.63. The predicted molar refractivity (Wildman–Crippen MR) is 62.4 cm³/mol. The summed E-state index contributed by atoms with van der Waals surface area (Å²) in [5.41, 5.74) is 0. The lowest BCUT2D eigenvalue weighted by Crippen LogP contribution is -2.43. The first-order valence-corrected chi connectivity index (χ1v) is 5.42. The minimum absolute atomic E-state index is 0.118. The van der Waals surface area contributed by atoms with Gasteiger partial charge in [-0.05, 0) is 0 Å². The molecule has 0 fully saturated rings. The van der Waals surface area contributed by atoms with Crippen LogP contribution in [0.15, 0.2) is 0 Å². The Kier molecular flexibility index (Phi) is 8.89. The molecule has 106 valence electrons. The van der Waals surface area contributed by atoms with Crippen LogP contribution in [0.25, 0.3) is 0 Å². The molecule has 1 unspecified atom stereocenters. The SMILES string of the molecule is COCC(O)CN(C)C(=O)NCCOCC(=O)O. The third-order valence-corrected chi connectivity index (χ3v) is 1.94. The molecule has 0 aromatic rings. The van der Waals surface area contributed by atoms with Crippen LogP contribution in [0.3, 0.4) is 0 Å². The normalized spacial score (nSPS) is 11.9. The van der Waals surface area contributed by atoms with Crippen LogP contribution in [0.2, 0.25) is 0 Å². The summed E-state index contributed by atoms with van der Waals surface area (Å²) in [5.74, 6) is -1.05. The van der Waals surface area contributed by atoms with E-state index in [0.717, 1.165) is 0 Å². The number of carbonyl (C=O) groups excluding carboxylic acids is 1. The first-order valence-electron chi connectivity index (χ1n) is 5.42. The van der Waals surface area contributed by atoms with E-state index >= 15 is 0 Å². The summed E-state index contributed by atoms with van der Waals surface area (Å²) in [5, 5.41) is 20.2. The molecule has 0 aromatic heterocycles. The number of hydrogen-bond donors (Lipinski definition) is 3. The Morgan fingerprint density at radius 2 is 2.11 bits per heavy atom. The molecule has 0 rings (SSSR count). The molecule has 0 saturated carbocycles. The number of methoxy groups -OCH3 is 1. The fourth-order valence-corrected chi connectivity index (χ4v) is 1.17. The number of amides is 2. The number of carbonyl (C=O) groups is 2. The van der Waals surface area contributed by atoms with Gasteiger partial charge in [0.2, 0.25) is 0 Å². The Morgan fingerprint density at radius 3 is 2.67 bits per heavy atom. The van der Waals surface area contributed by atoms with Crippen molar-refractivity contribution in [1.82, 2.24) is 10.2 Å². The van der Waals surface area contributed by atoms with Gasteiger partial charge in [0.25, 0.3) is 0 Å². The Labute approximate surface area is 105 Å². The Bertz CT molecular complexity index is 261. The molecular weight excluding hydrogens is 244 g/mol. The van der Waals surface area contributed by atoms with Gasteiger partial charge in [-0.3, -0.25) is 0 Å². The Morgan fingerprint density at radius 1 is 1.44 bits per heavy atom. The minimum atomic E-state index is -1.05. The van der Waals surface area contributed by atoms with Crippen molar-refractivity contribution in [3.63, 3.8) is 0 Å². The number of nitrogens with one attached hydrogen (secondary N) is 1. The van der Waals surface area contributed by atoms with Crippen LogP contribution in [-0.4, -0.2) is 80.3 Å². The van der Waals surface area contributed by atoms with E-state index in [-0.39, 0.29) is 32.3 Å². The van der Waals surface area contributed by atoms with Crippen molar-refractivity contribution in [3.8, 4) is 0 Å². The second-order valence-corrected chi connectivity index (χ2v) is 3.67. The predicted octanol–water partition coefficient (Wildman–Crippen LogP) is -1.26. The summed E-state index contributed by atoms with van der Waals surface area (Å²) in [6.45, 7) is 0.233. The van der Waals surface area contributed by atoms with E-state index in [1.807, 2.05) is 0 Å². The molecule has 2 amide bonds. The maximum atomic E-state index is 11.5. The van der Waals surface area contributed by atoms with E-state index in [1.54, 1.807) is 0 Å². The first kappa shape index (κ1) is 16.6. The number of carboxylic acids is 1. The van der Waals surface area contributed by atoms with Crippen LogP contribution in [0.5, 0.6) is 0 Å². The van der Waals surface area contributed by atoms with E-state index in [4.69, 9.17) is 14.6 Å². The molecule has 3 N–H and O–H groups in total. The van der Waals surface area contributed by atoms with E-state index in [1.165, 1.54) is 19.1 Å². The zero-order chi connectivity index (χ0) is 14.0. The topological polar surface area (TPSA) is 108 Å². The maximum absolute atomic E-state index is 11.5. The van der Waals surface area contributed by atoms with Gasteiger partial charge >= 0.3 is 12.0 Å². The molecule has 1 atom stereocenters. The fourth-order valence-electron chi connectivity index (χ4n) is 1.17. The van der Waals surface area contributed by atoms with Gasteiger partial charge in [-0.25, -0.2) is 9.59 Å². The maximum Gasteiger partial charge on any atom is 0.329 e. The number of urea groups is 1. The van der Waals surface area contributed by atoms with Crippen LogP contribution >= 0.6 is 0 Å². The second-order valence-electron chi connectivity index (χ2n) is 3.67. The quantitative estimate of drug-likeness (QED) is 0.448. The highest BCUT2D eigenvalue weighted by Crippen LogP contribution is 1.91. The molecule has 0 aliphatic carbocycles. The van der Waals surface area contributed by atoms with E-state index in [0.29, 0.717) is 0 Å². The van der Waals surface area contributed by atoms with Crippen LogP contribution in [0.4, 0.5) is 4.79 Å². The molecule has 0 aromatic carbocycles. The van der Waals surface area contributed by atoms with Crippen LogP contribution < -0.4 is 5.32 Å². The van der Waals surface area contributed by atoms with E-state index in [9.17, 15) is 14.7 Å². The molecular formula is C10H20N2O6. The number of rotatable bonds is 9. The monoisotopic (exact) mass is 264 g/mol. The smallest absolute Gasteiger partial charge is 0.329 e. The van der Waals surface area contributed by atoms with Gasteiger partial charge in [0.1, 0.15) is 6.61 Å². The van der Waals surface area contributed by atoms with Crippen molar-refractivity contribution in [2.24, 2.45) is 0 Å². The number of hydrogen-bond acceptors (Lipinski definition) is 5. The Hall–Kier alpha value is -1.38. The van der Waals surface area contributed by atoms with Crippen molar-refractivity contribution >= 4 is 12.0 Å². The van der Waals surface area contributed by atoms with E-state index < -0.39 is 18.7 Å². The van der Waals surface area contributed by atoms with Crippen LogP contribution in [0.1, 0.15) is 0 Å². The average Bonchev–Trinajstić information content (AvgIpc) is 2.28. The van der Waals surface area contributed by atoms with Crippen molar-refractivity contribution in [1.29, 1.82) is 0 Å². The van der Waals surface area contributed by atoms with Crippen molar-refractivity contribution in [3.05, 3.63) is 0 Å². The third kappa shape index (κ3) is 8.74. The zero-order valence-corrected chi connectivity index (χ0v) is 10.6. The third-order valence-electron chi connectivity index (χ3n) is 1.94. The summed E-state index contributed by atoms with van der Waals surface area (Å²) < 4.78 is 9.48. The van der Waals surface area contributed by atoms with Crippen LogP contribution in [0, 0.1) is 0 Å². The zero-order valence-electron chi connectivity index (χ0n) is 10.6. The molecule has 0 aliphatic rings. The summed E-state index contributed by atoms with van der Waals surface area (Å²) in [7, 11) is 3.00. The van der Waals surface area contributed by atoms with E-state index in [2.05, 4.69) is 5.32 Å². The van der Waals surface area contributed by atoms with Gasteiger partial charge in [0.05, 0.1) is 25.9 Å². The van der Waals surface area contributed by atoms with Gasteiger partial charge in [0.15, 0.2) is 0 Å². The molecule has 0 heterocycles. The lowest BCUT2D eigenvalue weighted by atomic mass is 10.3. The van der Waals surface area contributed by atoms with Gasteiger partial charge in [0, 0.05) is 20.7 Å². The van der Waals surface area contributed by atoms with Crippen molar-refractivity contribution in [2.45, 2.75) is 6.10 Å². The summed E-state index contributed by atoms with van der Waals surface area (Å²) in [6.07, 6.45) is -0.742. The molecule has 8 heteroatoms. The summed E-state index contributed by atoms with van der Waals surface area (Å²) in [6, 6.07) is -0.371.